The van der Waals surface area contributed by atoms with Crippen LogP contribution in [0.4, 0.5) is 8.78 Å². The highest BCUT2D eigenvalue weighted by molar-refractivity contribution is 5.70. The van der Waals surface area contributed by atoms with Gasteiger partial charge in [-0.05, 0) is 60.8 Å². The van der Waals surface area contributed by atoms with Crippen LogP contribution in [0.3, 0.4) is 0 Å². The smallest absolute Gasteiger partial charge is 0.306 e. The van der Waals surface area contributed by atoms with Gasteiger partial charge in [-0.3, -0.25) is 4.79 Å². The normalized spacial score (nSPS) is 25.4. The molecule has 2 nitrogen and oxygen atoms in total. The molecule has 1 aromatic carbocycles. The van der Waals surface area contributed by atoms with Gasteiger partial charge in [-0.15, -0.1) is 0 Å². The van der Waals surface area contributed by atoms with Crippen LogP contribution in [-0.4, -0.2) is 11.1 Å². The van der Waals surface area contributed by atoms with Crippen LogP contribution in [0, 0.1) is 28.9 Å². The van der Waals surface area contributed by atoms with E-state index >= 15 is 0 Å². The van der Waals surface area contributed by atoms with Crippen LogP contribution >= 0.6 is 0 Å². The molecule has 0 aromatic heterocycles. The molecule has 1 fully saturated rings. The van der Waals surface area contributed by atoms with E-state index in [2.05, 4.69) is 13.8 Å². The largest absolute Gasteiger partial charge is 0.481 e. The van der Waals surface area contributed by atoms with Crippen molar-refractivity contribution in [3.8, 4) is 0 Å². The lowest BCUT2D eigenvalue weighted by molar-refractivity contribution is -0.146. The van der Waals surface area contributed by atoms with Crippen LogP contribution in [-0.2, 0) is 11.2 Å². The van der Waals surface area contributed by atoms with E-state index in [0.717, 1.165) is 25.0 Å². The fourth-order valence-corrected chi connectivity index (χ4v) is 3.26. The molecule has 4 heteroatoms. The number of rotatable bonds is 3. The molecule has 2 rings (SSSR count). The number of benzene rings is 1. The first kappa shape index (κ1) is 14.9. The Kier molecular flexibility index (Phi) is 4.11. The second-order valence-electron chi connectivity index (χ2n) is 6.55. The van der Waals surface area contributed by atoms with E-state index in [4.69, 9.17) is 0 Å². The molecule has 0 radical (unpaired) electrons. The van der Waals surface area contributed by atoms with Crippen LogP contribution in [0.1, 0.15) is 38.7 Å². The van der Waals surface area contributed by atoms with Gasteiger partial charge in [0.25, 0.3) is 0 Å². The summed E-state index contributed by atoms with van der Waals surface area (Å²) in [6.07, 6.45) is 2.46. The van der Waals surface area contributed by atoms with E-state index in [0.29, 0.717) is 6.42 Å². The highest BCUT2D eigenvalue weighted by Crippen LogP contribution is 2.43. The summed E-state index contributed by atoms with van der Waals surface area (Å²) in [6.45, 7) is 4.19. The van der Waals surface area contributed by atoms with Crippen molar-refractivity contribution in [3.05, 3.63) is 35.4 Å². The van der Waals surface area contributed by atoms with E-state index in [1.165, 1.54) is 6.07 Å². The van der Waals surface area contributed by atoms with Gasteiger partial charge in [-0.1, -0.05) is 13.8 Å². The van der Waals surface area contributed by atoms with Gasteiger partial charge < -0.3 is 5.11 Å². The lowest BCUT2D eigenvalue weighted by Crippen LogP contribution is -2.35. The Bertz CT molecular complexity index is 511. The second kappa shape index (κ2) is 5.51. The Morgan fingerprint density at radius 3 is 2.75 bits per heavy atom. The highest BCUT2D eigenvalue weighted by Gasteiger charge is 2.38. The van der Waals surface area contributed by atoms with E-state index < -0.39 is 23.5 Å². The zero-order chi connectivity index (χ0) is 14.9. The minimum Gasteiger partial charge on any atom is -0.481 e. The molecule has 1 N–H and O–H groups in total. The van der Waals surface area contributed by atoms with Crippen molar-refractivity contribution in [1.29, 1.82) is 0 Å². The summed E-state index contributed by atoms with van der Waals surface area (Å²) < 4.78 is 27.0. The Morgan fingerprint density at radius 2 is 2.10 bits per heavy atom. The third kappa shape index (κ3) is 3.35. The molecule has 0 spiro atoms. The molecule has 0 bridgehead atoms. The Hall–Kier alpha value is -1.45. The molecule has 1 aliphatic carbocycles. The first-order chi connectivity index (χ1) is 9.28. The maximum absolute atomic E-state index is 13.7. The summed E-state index contributed by atoms with van der Waals surface area (Å²) in [5.74, 6) is -2.39. The number of aliphatic carboxylic acids is 1. The first-order valence-corrected chi connectivity index (χ1v) is 6.95. The highest BCUT2D eigenvalue weighted by atomic mass is 19.1. The lowest BCUT2D eigenvalue weighted by atomic mass is 9.65. The predicted molar refractivity (Wildman–Crippen MR) is 72.3 cm³/mol. The summed E-state index contributed by atoms with van der Waals surface area (Å²) in [5, 5.41) is 9.31. The fourth-order valence-electron chi connectivity index (χ4n) is 3.26. The van der Waals surface area contributed by atoms with Gasteiger partial charge in [-0.2, -0.15) is 0 Å². The molecule has 0 aliphatic heterocycles. The van der Waals surface area contributed by atoms with Gasteiger partial charge in [0.2, 0.25) is 0 Å². The summed E-state index contributed by atoms with van der Waals surface area (Å²) in [5.41, 5.74) is 0.333. The van der Waals surface area contributed by atoms with Gasteiger partial charge in [0.05, 0.1) is 5.92 Å². The van der Waals surface area contributed by atoms with Crippen LogP contribution in [0.2, 0.25) is 0 Å². The molecule has 20 heavy (non-hydrogen) atoms. The summed E-state index contributed by atoms with van der Waals surface area (Å²) >= 11 is 0. The maximum Gasteiger partial charge on any atom is 0.306 e. The van der Waals surface area contributed by atoms with Crippen LogP contribution in [0.25, 0.3) is 0 Å². The standard InChI is InChI=1S/C16H20F2O2/c1-16(2)6-5-13(15(19)20)11(9-16)7-10-8-12(17)3-4-14(10)18/h3-4,8,11,13H,5-7,9H2,1-2H3,(H,19,20). The van der Waals surface area contributed by atoms with Crippen molar-refractivity contribution >= 4 is 5.97 Å². The molecule has 2 atom stereocenters. The predicted octanol–water partition coefficient (Wildman–Crippen LogP) is 4.03. The molecular weight excluding hydrogens is 262 g/mol. The quantitative estimate of drug-likeness (QED) is 0.908. The molecule has 0 amide bonds. The molecule has 0 heterocycles. The number of carboxylic acids is 1. The van der Waals surface area contributed by atoms with Gasteiger partial charge in [-0.25, -0.2) is 8.78 Å². The molecular formula is C16H20F2O2. The fraction of sp³-hybridized carbons (Fsp3) is 0.562. The molecule has 2 unspecified atom stereocenters. The van der Waals surface area contributed by atoms with Gasteiger partial charge in [0.15, 0.2) is 0 Å². The third-order valence-corrected chi connectivity index (χ3v) is 4.32. The van der Waals surface area contributed by atoms with E-state index in [-0.39, 0.29) is 23.3 Å². The van der Waals surface area contributed by atoms with Crippen molar-refractivity contribution in [3.63, 3.8) is 0 Å². The number of carboxylic acid groups (broad SMARTS) is 1. The number of carbonyl (C=O) groups is 1. The minimum atomic E-state index is -0.831. The summed E-state index contributed by atoms with van der Waals surface area (Å²) in [4.78, 5) is 11.4. The molecule has 1 saturated carbocycles. The number of hydrogen-bond acceptors (Lipinski definition) is 1. The summed E-state index contributed by atoms with van der Waals surface area (Å²) in [7, 11) is 0. The first-order valence-electron chi connectivity index (χ1n) is 6.95. The SMILES string of the molecule is CC1(C)CCC(C(=O)O)C(Cc2cc(F)ccc2F)C1. The third-order valence-electron chi connectivity index (χ3n) is 4.32. The average molecular weight is 282 g/mol. The summed E-state index contributed by atoms with van der Waals surface area (Å²) in [6, 6.07) is 3.36. The van der Waals surface area contributed by atoms with Crippen molar-refractivity contribution < 1.29 is 18.7 Å². The van der Waals surface area contributed by atoms with E-state index in [1.54, 1.807) is 0 Å². The minimum absolute atomic E-state index is 0.0560. The Balaban J connectivity index is 2.23. The maximum atomic E-state index is 13.7. The van der Waals surface area contributed by atoms with Crippen molar-refractivity contribution in [2.24, 2.45) is 17.3 Å². The molecule has 1 aliphatic rings. The lowest BCUT2D eigenvalue weighted by Gasteiger charge is -2.39. The monoisotopic (exact) mass is 282 g/mol. The Labute approximate surface area is 117 Å². The zero-order valence-electron chi connectivity index (χ0n) is 11.8. The topological polar surface area (TPSA) is 37.3 Å². The van der Waals surface area contributed by atoms with Gasteiger partial charge in [0.1, 0.15) is 11.6 Å². The Morgan fingerprint density at radius 1 is 1.40 bits per heavy atom. The van der Waals surface area contributed by atoms with Crippen LogP contribution in [0.5, 0.6) is 0 Å². The zero-order valence-corrected chi connectivity index (χ0v) is 11.8. The van der Waals surface area contributed by atoms with E-state index in [1.807, 2.05) is 0 Å². The average Bonchev–Trinajstić information content (AvgIpc) is 2.32. The van der Waals surface area contributed by atoms with Gasteiger partial charge >= 0.3 is 5.97 Å². The van der Waals surface area contributed by atoms with Crippen LogP contribution in [0.15, 0.2) is 18.2 Å². The van der Waals surface area contributed by atoms with Crippen LogP contribution < -0.4 is 0 Å². The molecule has 0 saturated heterocycles. The second-order valence-corrected chi connectivity index (χ2v) is 6.55. The number of halogens is 2. The van der Waals surface area contributed by atoms with Gasteiger partial charge in [0, 0.05) is 0 Å². The van der Waals surface area contributed by atoms with Crippen molar-refractivity contribution in [1.82, 2.24) is 0 Å². The van der Waals surface area contributed by atoms with E-state index in [9.17, 15) is 18.7 Å². The molecule has 1 aromatic rings. The molecule has 110 valence electrons. The van der Waals surface area contributed by atoms with Crippen molar-refractivity contribution in [2.45, 2.75) is 39.5 Å². The number of hydrogen-bond donors (Lipinski definition) is 1. The van der Waals surface area contributed by atoms with Crippen molar-refractivity contribution in [2.75, 3.05) is 0 Å².